The van der Waals surface area contributed by atoms with Gasteiger partial charge in [-0.2, -0.15) is 0 Å². The molecule has 0 radical (unpaired) electrons. The van der Waals surface area contributed by atoms with E-state index in [2.05, 4.69) is 52.3 Å². The zero-order valence-corrected chi connectivity index (χ0v) is 38.9. The zero-order chi connectivity index (χ0) is 45.3. The second kappa shape index (κ2) is 18.3. The van der Waals surface area contributed by atoms with Gasteiger partial charge in [-0.15, -0.1) is 0 Å². The maximum atomic E-state index is 13.3. The Morgan fingerprint density at radius 1 is 0.651 bits per heavy atom. The topological polar surface area (TPSA) is 220 Å². The van der Waals surface area contributed by atoms with E-state index in [1.165, 1.54) is 12.8 Å². The molecule has 0 aromatic carbocycles. The Kier molecular flexibility index (Phi) is 14.2. The summed E-state index contributed by atoms with van der Waals surface area (Å²) >= 11 is 0. The van der Waals surface area contributed by atoms with Gasteiger partial charge in [-0.1, -0.05) is 34.3 Å². The minimum atomic E-state index is -3.65. The summed E-state index contributed by atoms with van der Waals surface area (Å²) in [6, 6.07) is 0. The van der Waals surface area contributed by atoms with Gasteiger partial charge in [0.25, 0.3) is 0 Å². The molecule has 8 aliphatic rings. The molecule has 63 heavy (non-hydrogen) atoms. The third kappa shape index (κ3) is 8.89. The molecule has 8 rings (SSSR count). The zero-order valence-electron chi connectivity index (χ0n) is 38.1. The Morgan fingerprint density at radius 3 is 1.41 bits per heavy atom. The first kappa shape index (κ1) is 48.8. The number of esters is 4. The molecule has 0 amide bonds. The fourth-order valence-electron chi connectivity index (χ4n) is 15.0. The number of fused-ring (bicyclic) bond motifs is 18. The fourth-order valence-corrected chi connectivity index (χ4v) is 15.3. The predicted molar refractivity (Wildman–Crippen MR) is 225 cm³/mol. The average molecular weight is 908 g/mol. The first-order valence-corrected chi connectivity index (χ1v) is 24.3. The normalized spacial score (nSPS) is 41.5. The second-order valence-electron chi connectivity index (χ2n) is 20.6. The van der Waals surface area contributed by atoms with E-state index in [1.54, 1.807) is 4.89 Å². The van der Waals surface area contributed by atoms with E-state index in [4.69, 9.17) is 33.4 Å². The quantitative estimate of drug-likeness (QED) is 0.0305. The van der Waals surface area contributed by atoms with Gasteiger partial charge in [0, 0.05) is 6.61 Å². The maximum absolute atomic E-state index is 13.3. The van der Waals surface area contributed by atoms with E-state index >= 15 is 0 Å². The molecule has 8 aliphatic carbocycles. The van der Waals surface area contributed by atoms with Crippen LogP contribution in [0.25, 0.3) is 0 Å². The molecule has 0 spiro atoms. The molecule has 20 atom stereocenters. The number of carbonyl (C=O) groups is 4. The lowest BCUT2D eigenvalue weighted by molar-refractivity contribution is -0.248. The van der Waals surface area contributed by atoms with Crippen LogP contribution in [-0.2, 0) is 67.5 Å². The monoisotopic (exact) mass is 907 g/mol. The summed E-state index contributed by atoms with van der Waals surface area (Å²) in [6.07, 6.45) is 6.03. The summed E-state index contributed by atoms with van der Waals surface area (Å²) in [6.45, 7) is 27.4. The van der Waals surface area contributed by atoms with E-state index < -0.39 is 57.2 Å². The van der Waals surface area contributed by atoms with Crippen LogP contribution < -0.4 is 4.89 Å². The Hall–Kier alpha value is -3.67. The summed E-state index contributed by atoms with van der Waals surface area (Å²) in [5.41, 5.74) is -0.657. The molecule has 354 valence electrons. The summed E-state index contributed by atoms with van der Waals surface area (Å²) in [5, 5.41) is 0. The molecule has 3 N–H and O–H groups in total. The standard InChI is InChI=1S/C23H35NO7S.C23H32O7.H2O/c1-10-11(2)14-8-13(10)17-15-9-16(18(14)17)20(22(26)30-23(4,5)6)19(15)21(25)29-12(3)31-24-32(7,27)28;1-6-26-10-27-22(24)20-16-9-17(21(20)23(25)29-13(5)30-28-7-2)19-15-8-14(18(16)19)11(3)12(15)4;/h10-11,13-20,24H,3,8-9H2,1-2,4-7H3;7,11-12,14-21H,2,5-6,8-10H2,1,3-4H3;1H2. The lowest BCUT2D eigenvalue weighted by Gasteiger charge is -2.45. The van der Waals surface area contributed by atoms with Gasteiger partial charge in [-0.3, -0.25) is 29.0 Å². The lowest BCUT2D eigenvalue weighted by atomic mass is 9.59. The summed E-state index contributed by atoms with van der Waals surface area (Å²) in [4.78, 5) is 68.5. The molecule has 0 aliphatic heterocycles. The molecule has 8 saturated carbocycles. The number of sulfonamides is 1. The summed E-state index contributed by atoms with van der Waals surface area (Å²) in [7, 11) is -3.65. The van der Waals surface area contributed by atoms with Crippen LogP contribution in [0.15, 0.2) is 37.9 Å². The van der Waals surface area contributed by atoms with Crippen LogP contribution in [-0.4, -0.2) is 63.0 Å². The van der Waals surface area contributed by atoms with Gasteiger partial charge >= 0.3 is 35.8 Å². The highest BCUT2D eigenvalue weighted by atomic mass is 32.2. The number of ether oxygens (including phenoxy) is 5. The minimum Gasteiger partial charge on any atom is -0.460 e. The van der Waals surface area contributed by atoms with Gasteiger partial charge in [0.15, 0.2) is 6.79 Å². The van der Waals surface area contributed by atoms with E-state index in [0.29, 0.717) is 77.6 Å². The van der Waals surface area contributed by atoms with E-state index in [1.807, 2.05) is 27.7 Å². The predicted octanol–water partition coefficient (Wildman–Crippen LogP) is 5.70. The second-order valence-corrected chi connectivity index (χ2v) is 22.3. The van der Waals surface area contributed by atoms with E-state index in [0.717, 1.165) is 25.4 Å². The molecule has 8 fully saturated rings. The molecular weight excluding hydrogens is 839 g/mol. The van der Waals surface area contributed by atoms with Crippen molar-refractivity contribution in [3.63, 3.8) is 0 Å². The highest BCUT2D eigenvalue weighted by Crippen LogP contribution is 2.74. The number of hydrogen-bond donors (Lipinski definition) is 1. The molecular formula is C46H69NO15S. The van der Waals surface area contributed by atoms with Crippen LogP contribution in [0.1, 0.15) is 81.1 Å². The third-order valence-electron chi connectivity index (χ3n) is 16.9. The number of nitrogens with one attached hydrogen (secondary N) is 1. The molecule has 0 saturated heterocycles. The Labute approximate surface area is 371 Å². The molecule has 16 nitrogen and oxygen atoms in total. The van der Waals surface area contributed by atoms with Crippen LogP contribution in [0, 0.1) is 118 Å². The van der Waals surface area contributed by atoms with E-state index in [9.17, 15) is 27.6 Å². The van der Waals surface area contributed by atoms with Crippen LogP contribution in [0.4, 0.5) is 0 Å². The number of hydrogen-bond acceptors (Lipinski definition) is 14. The van der Waals surface area contributed by atoms with Crippen molar-refractivity contribution in [3.05, 3.63) is 37.9 Å². The highest BCUT2D eigenvalue weighted by molar-refractivity contribution is 7.88. The van der Waals surface area contributed by atoms with Crippen molar-refractivity contribution < 1.29 is 71.4 Å². The molecule has 20 unspecified atom stereocenters. The largest absolute Gasteiger partial charge is 0.460 e. The van der Waals surface area contributed by atoms with Crippen molar-refractivity contribution in [2.75, 3.05) is 19.7 Å². The van der Waals surface area contributed by atoms with Crippen LogP contribution in [0.5, 0.6) is 0 Å². The smallest absolute Gasteiger partial charge is 0.330 e. The van der Waals surface area contributed by atoms with Crippen molar-refractivity contribution in [3.8, 4) is 0 Å². The fraction of sp³-hybridized carbons (Fsp3) is 0.783. The van der Waals surface area contributed by atoms with Gasteiger partial charge < -0.3 is 34.0 Å². The molecule has 0 heterocycles. The Balaban J connectivity index is 0.000000207. The Morgan fingerprint density at radius 2 is 1.03 bits per heavy atom. The van der Waals surface area contributed by atoms with Gasteiger partial charge in [-0.05, 0) is 166 Å². The summed E-state index contributed by atoms with van der Waals surface area (Å²) < 4.78 is 49.4. The van der Waals surface area contributed by atoms with Crippen molar-refractivity contribution in [1.82, 2.24) is 4.89 Å². The molecule has 17 heteroatoms. The summed E-state index contributed by atoms with van der Waals surface area (Å²) in [5.74, 6) is 2.35. The molecule has 8 bridgehead atoms. The van der Waals surface area contributed by atoms with Gasteiger partial charge in [-0.25, -0.2) is 8.42 Å². The SMILES string of the molecule is C=C(ONS(C)(=O)=O)OC(=O)C1C2CC(C1C(=O)OC(C)(C)C)C1C3CC(C(C)C3C)C21.C=COOC(=C)OC(=O)C1C2CC(C1C(=O)OCOCC)C1C3CC(C(C)C3C)C21.O. The average Bonchev–Trinajstić information content (AvgIpc) is 4.06. The maximum Gasteiger partial charge on any atom is 0.330 e. The van der Waals surface area contributed by atoms with Crippen LogP contribution in [0.2, 0.25) is 0 Å². The van der Waals surface area contributed by atoms with Gasteiger partial charge in [0.1, 0.15) is 11.9 Å². The van der Waals surface area contributed by atoms with Gasteiger partial charge in [0.05, 0.1) is 29.9 Å². The van der Waals surface area contributed by atoms with Crippen molar-refractivity contribution in [1.29, 1.82) is 0 Å². The van der Waals surface area contributed by atoms with Crippen LogP contribution >= 0.6 is 0 Å². The lowest BCUT2D eigenvalue weighted by Crippen LogP contribution is -2.48. The first-order chi connectivity index (χ1) is 29.1. The third-order valence-corrected chi connectivity index (χ3v) is 17.3. The molecule has 0 aromatic rings. The van der Waals surface area contributed by atoms with Gasteiger partial charge in [0.2, 0.25) is 10.0 Å². The number of carbonyl (C=O) groups excluding carboxylic acids is 4. The Bertz CT molecular complexity index is 1910. The van der Waals surface area contributed by atoms with E-state index in [-0.39, 0.29) is 53.8 Å². The first-order valence-electron chi connectivity index (χ1n) is 22.5. The van der Waals surface area contributed by atoms with Crippen molar-refractivity contribution in [2.24, 2.45) is 118 Å². The van der Waals surface area contributed by atoms with Crippen LogP contribution in [0.3, 0.4) is 0 Å². The van der Waals surface area contributed by atoms with Crippen molar-refractivity contribution >= 4 is 33.9 Å². The van der Waals surface area contributed by atoms with Crippen molar-refractivity contribution in [2.45, 2.75) is 86.7 Å². The number of rotatable bonds is 15. The highest BCUT2D eigenvalue weighted by Gasteiger charge is 2.73. The minimum absolute atomic E-state index is 0. The molecule has 0 aromatic heterocycles.